The Balaban J connectivity index is 1.32. The summed E-state index contributed by atoms with van der Waals surface area (Å²) in [6, 6.07) is 10.9. The Morgan fingerprint density at radius 3 is 2.55 bits per heavy atom. The number of hydrogen-bond donors (Lipinski definition) is 1. The Morgan fingerprint density at radius 1 is 1.04 bits per heavy atom. The number of allylic oxidation sites excluding steroid dienone is 3. The van der Waals surface area contributed by atoms with Crippen LogP contribution in [0.2, 0.25) is 0 Å². The molecule has 260 valence electrons. The van der Waals surface area contributed by atoms with Crippen molar-refractivity contribution in [2.75, 3.05) is 19.8 Å². The van der Waals surface area contributed by atoms with Gasteiger partial charge < -0.3 is 14.4 Å². The third-order valence-electron chi connectivity index (χ3n) is 9.79. The second-order valence-electron chi connectivity index (χ2n) is 13.5. The number of ether oxygens (including phenoxy) is 1. The van der Waals surface area contributed by atoms with Crippen molar-refractivity contribution in [2.24, 2.45) is 4.99 Å². The number of carbonyl (C=O) groups excluding carboxylic acids is 2. The Kier molecular flexibility index (Phi) is 9.23. The molecule has 1 fully saturated rings. The van der Waals surface area contributed by atoms with E-state index < -0.39 is 23.2 Å². The summed E-state index contributed by atoms with van der Waals surface area (Å²) in [5, 5.41) is 11.0. The number of pyridine rings is 1. The highest BCUT2D eigenvalue weighted by molar-refractivity contribution is 6.14. The van der Waals surface area contributed by atoms with Crippen LogP contribution in [0.3, 0.4) is 0 Å². The Labute approximate surface area is 294 Å². The molecule has 0 spiro atoms. The van der Waals surface area contributed by atoms with Gasteiger partial charge in [0.2, 0.25) is 0 Å². The van der Waals surface area contributed by atoms with Crippen LogP contribution in [0.1, 0.15) is 65.7 Å². The molecule has 11 heteroatoms. The van der Waals surface area contributed by atoms with Crippen LogP contribution in [0.4, 0.5) is 8.78 Å². The molecule has 4 aromatic rings. The number of benzene rings is 2. The van der Waals surface area contributed by atoms with Crippen molar-refractivity contribution in [3.05, 3.63) is 112 Å². The summed E-state index contributed by atoms with van der Waals surface area (Å²) in [6.07, 6.45) is 6.06. The third kappa shape index (κ3) is 7.16. The van der Waals surface area contributed by atoms with E-state index in [4.69, 9.17) is 9.72 Å². The number of hydrogen-bond acceptors (Lipinski definition) is 7. The highest BCUT2D eigenvalue weighted by atomic mass is 19.1. The number of carbonyl (C=O) groups is 2. The van der Waals surface area contributed by atoms with Gasteiger partial charge in [-0.05, 0) is 98.4 Å². The van der Waals surface area contributed by atoms with E-state index in [0.717, 1.165) is 28.2 Å². The molecule has 5 heterocycles. The monoisotopic (exact) mass is 689 g/mol. The summed E-state index contributed by atoms with van der Waals surface area (Å²) in [5.74, 6) is 4.16. The number of aliphatic imine (C=N–C) groups is 1. The molecule has 9 nitrogen and oxygen atoms in total. The van der Waals surface area contributed by atoms with Gasteiger partial charge in [-0.15, -0.1) is 0 Å². The lowest BCUT2D eigenvalue weighted by Gasteiger charge is -2.27. The molecular formula is C40H37F2N5O4. The average Bonchev–Trinajstić information content (AvgIpc) is 3.66. The molecule has 1 saturated heterocycles. The van der Waals surface area contributed by atoms with Crippen molar-refractivity contribution in [3.63, 3.8) is 0 Å². The lowest BCUT2D eigenvalue weighted by molar-refractivity contribution is -0.123. The minimum Gasteiger partial charge on any atom is -0.381 e. The van der Waals surface area contributed by atoms with Crippen LogP contribution in [-0.2, 0) is 27.3 Å². The van der Waals surface area contributed by atoms with Gasteiger partial charge in [-0.25, -0.2) is 18.7 Å². The first-order chi connectivity index (χ1) is 24.5. The maximum Gasteiger partial charge on any atom is 0.254 e. The van der Waals surface area contributed by atoms with E-state index in [0.29, 0.717) is 65.7 Å². The fourth-order valence-corrected chi connectivity index (χ4v) is 6.93. The van der Waals surface area contributed by atoms with E-state index in [2.05, 4.69) is 21.8 Å². The van der Waals surface area contributed by atoms with Crippen LogP contribution in [-0.4, -0.2) is 67.4 Å². The first kappa shape index (κ1) is 34.2. The molecule has 1 atom stereocenters. The number of Topliss-reactive ketones (excluding diaryl/α,β-unsaturated/α-hetero) is 1. The number of amidine groups is 1. The molecule has 0 bridgehead atoms. The van der Waals surface area contributed by atoms with Crippen LogP contribution in [0, 0.1) is 37.3 Å². The Bertz CT molecular complexity index is 2220. The van der Waals surface area contributed by atoms with Gasteiger partial charge in [0.25, 0.3) is 5.91 Å². The zero-order valence-electron chi connectivity index (χ0n) is 28.7. The summed E-state index contributed by atoms with van der Waals surface area (Å²) in [4.78, 5) is 42.2. The number of fused-ring (bicyclic) bond motifs is 2. The quantitative estimate of drug-likeness (QED) is 0.236. The highest BCUT2D eigenvalue weighted by Gasteiger charge is 2.32. The Morgan fingerprint density at radius 2 is 1.78 bits per heavy atom. The highest BCUT2D eigenvalue weighted by Crippen LogP contribution is 2.36. The van der Waals surface area contributed by atoms with Crippen molar-refractivity contribution in [1.29, 1.82) is 0 Å². The van der Waals surface area contributed by atoms with Gasteiger partial charge in [-0.3, -0.25) is 19.5 Å². The van der Waals surface area contributed by atoms with Crippen molar-refractivity contribution in [2.45, 2.75) is 64.5 Å². The molecule has 0 saturated carbocycles. The molecule has 3 aliphatic heterocycles. The van der Waals surface area contributed by atoms with Crippen LogP contribution < -0.4 is 0 Å². The van der Waals surface area contributed by atoms with E-state index >= 15 is 0 Å². The number of ketones is 1. The number of rotatable bonds is 8. The van der Waals surface area contributed by atoms with Crippen molar-refractivity contribution >= 4 is 34.1 Å². The maximum absolute atomic E-state index is 14.5. The molecule has 3 aliphatic rings. The standard InChI is InChI=1S/C40H37F2N5O4/c1-24-14-35-36(15-25(24)2)46(23-44-35)22-32(48)19-28(16-27-17-29(41)20-30(42)18-27)39-34(33-6-7-37-43-21-38(49)47(37)26(33)3)5-4-31(45-39)8-9-40(50)10-12-51-13-11-40/h4-7,14-15,17-18,20,23,28,50H,10-13,16,19,21-22H2,1-3H3/t28-/m1/s1. The second-order valence-corrected chi connectivity index (χ2v) is 13.5. The molecule has 1 N–H and O–H groups in total. The van der Waals surface area contributed by atoms with Gasteiger partial charge in [-0.2, -0.15) is 0 Å². The number of aromatic nitrogens is 3. The third-order valence-corrected chi connectivity index (χ3v) is 9.79. The van der Waals surface area contributed by atoms with E-state index in [1.54, 1.807) is 23.4 Å². The van der Waals surface area contributed by atoms with Gasteiger partial charge in [-0.1, -0.05) is 5.92 Å². The van der Waals surface area contributed by atoms with Crippen LogP contribution in [0.15, 0.2) is 71.6 Å². The van der Waals surface area contributed by atoms with Gasteiger partial charge in [0.1, 0.15) is 35.3 Å². The Hall–Kier alpha value is -5.31. The largest absolute Gasteiger partial charge is 0.381 e. The van der Waals surface area contributed by atoms with Crippen LogP contribution in [0.25, 0.3) is 16.6 Å². The van der Waals surface area contributed by atoms with Gasteiger partial charge >= 0.3 is 0 Å². The van der Waals surface area contributed by atoms with Crippen LogP contribution in [0.5, 0.6) is 0 Å². The molecule has 2 aromatic heterocycles. The lowest BCUT2D eigenvalue weighted by Crippen LogP contribution is -2.34. The predicted molar refractivity (Wildman–Crippen MR) is 189 cm³/mol. The molecule has 2 aromatic carbocycles. The summed E-state index contributed by atoms with van der Waals surface area (Å²) >= 11 is 0. The molecule has 0 radical (unpaired) electrons. The van der Waals surface area contributed by atoms with Gasteiger partial charge in [0.05, 0.1) is 42.8 Å². The minimum absolute atomic E-state index is 0.0216. The molecule has 7 rings (SSSR count). The fourth-order valence-electron chi connectivity index (χ4n) is 6.93. The van der Waals surface area contributed by atoms with Crippen molar-refractivity contribution < 1.29 is 28.2 Å². The van der Waals surface area contributed by atoms with Gasteiger partial charge in [0, 0.05) is 48.1 Å². The zero-order chi connectivity index (χ0) is 35.9. The molecule has 51 heavy (non-hydrogen) atoms. The molecule has 0 unspecified atom stereocenters. The molecular weight excluding hydrogens is 652 g/mol. The topological polar surface area (TPSA) is 110 Å². The zero-order valence-corrected chi connectivity index (χ0v) is 28.7. The number of halogens is 2. The fraction of sp³-hybridized carbons (Fsp3) is 0.325. The summed E-state index contributed by atoms with van der Waals surface area (Å²) in [5.41, 5.74) is 5.75. The first-order valence-electron chi connectivity index (χ1n) is 17.0. The number of amides is 1. The smallest absolute Gasteiger partial charge is 0.254 e. The second kappa shape index (κ2) is 13.8. The van der Waals surface area contributed by atoms with Crippen LogP contribution >= 0.6 is 0 Å². The summed E-state index contributed by atoms with van der Waals surface area (Å²) in [6.45, 7) is 6.70. The summed E-state index contributed by atoms with van der Waals surface area (Å²) in [7, 11) is 0. The number of aryl methyl sites for hydroxylation is 2. The van der Waals surface area contributed by atoms with E-state index in [1.165, 1.54) is 12.1 Å². The van der Waals surface area contributed by atoms with E-state index in [9.17, 15) is 23.5 Å². The lowest BCUT2D eigenvalue weighted by atomic mass is 9.85. The SMILES string of the molecule is CC1=C(c2ccc(C#CC3(O)CCOCC3)nc2[C@@H](CC(=O)Cn2cnc3cc(C)c(C)cc32)Cc2cc(F)cc(F)c2)C=CC2=NCC(=O)N21. The normalized spacial score (nSPS) is 17.3. The number of nitrogens with zero attached hydrogens (tertiary/aromatic N) is 5. The van der Waals surface area contributed by atoms with Crippen molar-refractivity contribution in [1.82, 2.24) is 19.4 Å². The average molecular weight is 690 g/mol. The summed E-state index contributed by atoms with van der Waals surface area (Å²) < 4.78 is 36.2. The van der Waals surface area contributed by atoms with E-state index in [-0.39, 0.29) is 37.6 Å². The number of imidazole rings is 1. The van der Waals surface area contributed by atoms with E-state index in [1.807, 2.05) is 49.6 Å². The first-order valence-corrected chi connectivity index (χ1v) is 17.0. The molecule has 1 amide bonds. The predicted octanol–water partition coefficient (Wildman–Crippen LogP) is 5.75. The minimum atomic E-state index is -1.23. The molecule has 0 aliphatic carbocycles. The van der Waals surface area contributed by atoms with Gasteiger partial charge in [0.15, 0.2) is 5.78 Å². The van der Waals surface area contributed by atoms with Crippen molar-refractivity contribution in [3.8, 4) is 11.8 Å². The maximum atomic E-state index is 14.5. The number of aliphatic hydroxyl groups is 1.